The topological polar surface area (TPSA) is 77.1 Å². The molecule has 2 aliphatic heterocycles. The summed E-state index contributed by atoms with van der Waals surface area (Å²) in [5.41, 5.74) is 1.79. The zero-order valence-electron chi connectivity index (χ0n) is 19.2. The number of rotatable bonds is 6. The zero-order valence-corrected chi connectivity index (χ0v) is 19.2. The smallest absolute Gasteiger partial charge is 0.256 e. The van der Waals surface area contributed by atoms with Crippen LogP contribution in [0.5, 0.6) is 17.2 Å². The molecule has 180 valence electrons. The lowest BCUT2D eigenvalue weighted by atomic mass is 9.88. The number of hydrogen-bond donors (Lipinski definition) is 1. The number of benzene rings is 3. The largest absolute Gasteiger partial charge is 0.497 e. The summed E-state index contributed by atoms with van der Waals surface area (Å²) in [6.07, 6.45) is 0. The van der Waals surface area contributed by atoms with Crippen LogP contribution in [0.15, 0.2) is 66.7 Å². The maximum Gasteiger partial charge on any atom is 0.256 e. The van der Waals surface area contributed by atoms with E-state index in [0.717, 1.165) is 11.1 Å². The van der Waals surface area contributed by atoms with Crippen LogP contribution in [0.1, 0.15) is 27.4 Å². The quantitative estimate of drug-likeness (QED) is 0.587. The van der Waals surface area contributed by atoms with Gasteiger partial charge in [-0.2, -0.15) is 0 Å². The van der Waals surface area contributed by atoms with E-state index in [0.29, 0.717) is 30.3 Å². The molecule has 7 nitrogen and oxygen atoms in total. The lowest BCUT2D eigenvalue weighted by Crippen LogP contribution is -2.35. The molecule has 2 heterocycles. The van der Waals surface area contributed by atoms with E-state index in [1.165, 1.54) is 12.1 Å². The van der Waals surface area contributed by atoms with E-state index in [1.54, 1.807) is 24.1 Å². The lowest BCUT2D eigenvalue weighted by Gasteiger charge is -2.18. The molecule has 1 N–H and O–H groups in total. The number of methoxy groups -OCH3 is 1. The SMILES string of the molecule is COc1ccc(C2CN(C(=O)c3ccccc3F)CC2C(=O)NCc2ccc3c(c2)OCO3)cc1. The minimum Gasteiger partial charge on any atom is -0.497 e. The van der Waals surface area contributed by atoms with Crippen LogP contribution in [0, 0.1) is 11.7 Å². The summed E-state index contributed by atoms with van der Waals surface area (Å²) in [6, 6.07) is 18.9. The average molecular weight is 477 g/mol. The Balaban J connectivity index is 1.35. The van der Waals surface area contributed by atoms with Gasteiger partial charge in [-0.3, -0.25) is 9.59 Å². The van der Waals surface area contributed by atoms with Gasteiger partial charge in [0.15, 0.2) is 11.5 Å². The van der Waals surface area contributed by atoms with E-state index >= 15 is 0 Å². The van der Waals surface area contributed by atoms with Crippen LogP contribution in [0.3, 0.4) is 0 Å². The second-order valence-electron chi connectivity index (χ2n) is 8.58. The molecular formula is C27H25FN2O5. The third-order valence-corrected chi connectivity index (χ3v) is 6.50. The van der Waals surface area contributed by atoms with Crippen LogP contribution in [-0.4, -0.2) is 43.7 Å². The number of amides is 2. The molecule has 2 unspecified atom stereocenters. The van der Waals surface area contributed by atoms with Crippen molar-refractivity contribution in [3.8, 4) is 17.2 Å². The fourth-order valence-electron chi connectivity index (χ4n) is 4.60. The first-order chi connectivity index (χ1) is 17.0. The molecule has 3 aromatic rings. The molecule has 0 spiro atoms. The van der Waals surface area contributed by atoms with Crippen molar-refractivity contribution in [2.24, 2.45) is 5.92 Å². The molecule has 0 radical (unpaired) electrons. The number of nitrogens with zero attached hydrogens (tertiary/aromatic N) is 1. The number of fused-ring (bicyclic) bond motifs is 1. The molecule has 0 saturated carbocycles. The van der Waals surface area contributed by atoms with E-state index in [1.807, 2.05) is 42.5 Å². The van der Waals surface area contributed by atoms with Gasteiger partial charge in [-0.25, -0.2) is 4.39 Å². The first kappa shape index (κ1) is 22.7. The van der Waals surface area contributed by atoms with Crippen LogP contribution in [0.25, 0.3) is 0 Å². The van der Waals surface area contributed by atoms with Gasteiger partial charge in [0.05, 0.1) is 18.6 Å². The normalized spacial score (nSPS) is 18.4. The molecule has 5 rings (SSSR count). The highest BCUT2D eigenvalue weighted by molar-refractivity contribution is 5.95. The van der Waals surface area contributed by atoms with E-state index in [9.17, 15) is 14.0 Å². The van der Waals surface area contributed by atoms with Gasteiger partial charge in [0.2, 0.25) is 12.7 Å². The highest BCUT2D eigenvalue weighted by Gasteiger charge is 2.41. The van der Waals surface area contributed by atoms with Crippen molar-refractivity contribution in [2.75, 3.05) is 27.0 Å². The molecule has 0 aliphatic carbocycles. The Hall–Kier alpha value is -4.07. The minimum absolute atomic E-state index is 0.00222. The fraction of sp³-hybridized carbons (Fsp3) is 0.259. The first-order valence-electron chi connectivity index (χ1n) is 11.4. The molecule has 0 bridgehead atoms. The van der Waals surface area contributed by atoms with Gasteiger partial charge >= 0.3 is 0 Å². The molecule has 2 aliphatic rings. The Labute approximate surface area is 202 Å². The average Bonchev–Trinajstić information content (AvgIpc) is 3.54. The Morgan fingerprint density at radius 2 is 1.80 bits per heavy atom. The maximum absolute atomic E-state index is 14.3. The number of nitrogens with one attached hydrogen (secondary N) is 1. The van der Waals surface area contributed by atoms with E-state index in [4.69, 9.17) is 14.2 Å². The van der Waals surface area contributed by atoms with Gasteiger partial charge in [0, 0.05) is 25.6 Å². The van der Waals surface area contributed by atoms with Gasteiger partial charge in [-0.1, -0.05) is 30.3 Å². The summed E-state index contributed by atoms with van der Waals surface area (Å²) in [5.74, 6) is 0.124. The van der Waals surface area contributed by atoms with E-state index in [-0.39, 0.29) is 30.7 Å². The highest BCUT2D eigenvalue weighted by Crippen LogP contribution is 2.35. The summed E-state index contributed by atoms with van der Waals surface area (Å²) in [4.78, 5) is 28.0. The molecule has 3 aromatic carbocycles. The summed E-state index contributed by atoms with van der Waals surface area (Å²) in [6.45, 7) is 0.990. The lowest BCUT2D eigenvalue weighted by molar-refractivity contribution is -0.125. The summed E-state index contributed by atoms with van der Waals surface area (Å²) in [7, 11) is 1.59. The number of carbonyl (C=O) groups excluding carboxylic acids is 2. The van der Waals surface area contributed by atoms with Crippen LogP contribution in [0.4, 0.5) is 4.39 Å². The second-order valence-corrected chi connectivity index (χ2v) is 8.58. The van der Waals surface area contributed by atoms with Crippen molar-refractivity contribution in [1.29, 1.82) is 0 Å². The Kier molecular flexibility index (Phi) is 6.27. The molecule has 1 saturated heterocycles. The number of ether oxygens (including phenoxy) is 3. The number of likely N-dealkylation sites (tertiary alicyclic amines) is 1. The van der Waals surface area contributed by atoms with Crippen LogP contribution >= 0.6 is 0 Å². The van der Waals surface area contributed by atoms with Crippen molar-refractivity contribution in [2.45, 2.75) is 12.5 Å². The summed E-state index contributed by atoms with van der Waals surface area (Å²) >= 11 is 0. The molecule has 8 heteroatoms. The second kappa shape index (κ2) is 9.66. The Morgan fingerprint density at radius 1 is 1.03 bits per heavy atom. The third kappa shape index (κ3) is 4.64. The van der Waals surface area contributed by atoms with Crippen LogP contribution in [-0.2, 0) is 11.3 Å². The standard InChI is InChI=1S/C27H25FN2O5/c1-33-19-9-7-18(8-10-19)21-14-30(27(32)20-4-2-3-5-23(20)28)15-22(21)26(31)29-13-17-6-11-24-25(12-17)35-16-34-24/h2-12,21-22H,13-16H2,1H3,(H,29,31). The molecule has 1 fully saturated rings. The summed E-state index contributed by atoms with van der Waals surface area (Å²) < 4.78 is 30.3. The van der Waals surface area contributed by atoms with Gasteiger partial charge in [-0.15, -0.1) is 0 Å². The van der Waals surface area contributed by atoms with Gasteiger partial charge < -0.3 is 24.4 Å². The minimum atomic E-state index is -0.575. The molecule has 2 atom stereocenters. The van der Waals surface area contributed by atoms with Gasteiger partial charge in [0.1, 0.15) is 11.6 Å². The van der Waals surface area contributed by atoms with Gasteiger partial charge in [0.25, 0.3) is 5.91 Å². The van der Waals surface area contributed by atoms with Crippen LogP contribution in [0.2, 0.25) is 0 Å². The Bertz CT molecular complexity index is 1250. The summed E-state index contributed by atoms with van der Waals surface area (Å²) in [5, 5.41) is 2.99. The third-order valence-electron chi connectivity index (χ3n) is 6.50. The zero-order chi connectivity index (χ0) is 24.4. The fourth-order valence-corrected chi connectivity index (χ4v) is 4.60. The van der Waals surface area contributed by atoms with Crippen molar-refractivity contribution in [3.63, 3.8) is 0 Å². The molecule has 2 amide bonds. The number of carbonyl (C=O) groups is 2. The van der Waals surface area contributed by atoms with Crippen molar-refractivity contribution in [1.82, 2.24) is 10.2 Å². The maximum atomic E-state index is 14.3. The predicted octanol–water partition coefficient (Wildman–Crippen LogP) is 3.74. The van der Waals surface area contributed by atoms with E-state index in [2.05, 4.69) is 5.32 Å². The number of halogens is 1. The van der Waals surface area contributed by atoms with Crippen molar-refractivity contribution >= 4 is 11.8 Å². The monoisotopic (exact) mass is 476 g/mol. The molecular weight excluding hydrogens is 451 g/mol. The van der Waals surface area contributed by atoms with Crippen molar-refractivity contribution < 1.29 is 28.2 Å². The molecule has 0 aromatic heterocycles. The van der Waals surface area contributed by atoms with Crippen LogP contribution < -0.4 is 19.5 Å². The van der Waals surface area contributed by atoms with E-state index < -0.39 is 17.6 Å². The van der Waals surface area contributed by atoms with Crippen molar-refractivity contribution in [3.05, 3.63) is 89.2 Å². The molecule has 35 heavy (non-hydrogen) atoms. The highest BCUT2D eigenvalue weighted by atomic mass is 19.1. The Morgan fingerprint density at radius 3 is 2.57 bits per heavy atom. The number of hydrogen-bond acceptors (Lipinski definition) is 5. The predicted molar refractivity (Wildman–Crippen MR) is 126 cm³/mol. The van der Waals surface area contributed by atoms with Gasteiger partial charge in [-0.05, 0) is 47.5 Å². The first-order valence-corrected chi connectivity index (χ1v) is 11.4.